The summed E-state index contributed by atoms with van der Waals surface area (Å²) in [6.45, 7) is 5.54. The fourth-order valence-electron chi connectivity index (χ4n) is 2.95. The molecule has 162 valence electrons. The summed E-state index contributed by atoms with van der Waals surface area (Å²) >= 11 is 1.14. The van der Waals surface area contributed by atoms with Gasteiger partial charge in [0, 0.05) is 39.3 Å². The van der Waals surface area contributed by atoms with Crippen molar-refractivity contribution in [2.45, 2.75) is 13.8 Å². The van der Waals surface area contributed by atoms with E-state index < -0.39 is 16.0 Å². The Labute approximate surface area is 175 Å². The summed E-state index contributed by atoms with van der Waals surface area (Å²) in [7, 11) is -3.49. The van der Waals surface area contributed by atoms with E-state index >= 15 is 0 Å². The first kappa shape index (κ1) is 23.6. The molecule has 1 saturated heterocycles. The third-order valence-electron chi connectivity index (χ3n) is 4.56. The number of carbonyl (C=O) groups excluding carboxylic acids is 2. The number of rotatable bonds is 9. The number of para-hydroxylation sites is 1. The molecule has 1 aromatic carbocycles. The molecule has 0 saturated carbocycles. The van der Waals surface area contributed by atoms with Crippen molar-refractivity contribution in [2.75, 3.05) is 56.1 Å². The first-order chi connectivity index (χ1) is 13.8. The van der Waals surface area contributed by atoms with Gasteiger partial charge in [-0.1, -0.05) is 26.0 Å². The Hall–Kier alpha value is -1.69. The molecule has 1 heterocycles. The lowest BCUT2D eigenvalue weighted by molar-refractivity contribution is -0.129. The molecule has 0 unspecified atom stereocenters. The molecule has 1 aliphatic rings. The predicted molar refractivity (Wildman–Crippen MR) is 112 cm³/mol. The van der Waals surface area contributed by atoms with Crippen LogP contribution < -0.4 is 5.32 Å². The van der Waals surface area contributed by atoms with Gasteiger partial charge < -0.3 is 10.2 Å². The fourth-order valence-corrected chi connectivity index (χ4v) is 5.27. The smallest absolute Gasteiger partial charge is 0.282 e. The zero-order valence-electron chi connectivity index (χ0n) is 16.6. The fraction of sp³-hybridized carbons (Fsp3) is 0.556. The van der Waals surface area contributed by atoms with E-state index in [2.05, 4.69) is 5.32 Å². The van der Waals surface area contributed by atoms with Crippen molar-refractivity contribution in [3.05, 3.63) is 30.1 Å². The highest BCUT2D eigenvalue weighted by atomic mass is 32.2. The molecule has 1 aromatic rings. The quantitative estimate of drug-likeness (QED) is 0.616. The number of piperazine rings is 1. The van der Waals surface area contributed by atoms with Crippen LogP contribution in [0.5, 0.6) is 0 Å². The second-order valence-corrected chi connectivity index (χ2v) is 9.31. The van der Waals surface area contributed by atoms with Crippen molar-refractivity contribution < 1.29 is 22.4 Å². The highest BCUT2D eigenvalue weighted by molar-refractivity contribution is 8.00. The minimum atomic E-state index is -3.49. The lowest BCUT2D eigenvalue weighted by Crippen LogP contribution is -2.54. The molecule has 11 heteroatoms. The van der Waals surface area contributed by atoms with E-state index in [-0.39, 0.29) is 42.1 Å². The molecule has 0 bridgehead atoms. The van der Waals surface area contributed by atoms with E-state index in [1.165, 1.54) is 26.8 Å². The van der Waals surface area contributed by atoms with Crippen LogP contribution in [0.15, 0.2) is 24.3 Å². The van der Waals surface area contributed by atoms with Crippen LogP contribution >= 0.6 is 11.8 Å². The van der Waals surface area contributed by atoms with Gasteiger partial charge in [0.05, 0.1) is 17.2 Å². The second-order valence-electron chi connectivity index (χ2n) is 6.39. The number of halogens is 1. The Bertz CT molecular complexity index is 810. The largest absolute Gasteiger partial charge is 0.339 e. The molecule has 1 aliphatic heterocycles. The Kier molecular flexibility index (Phi) is 8.87. The average Bonchev–Trinajstić information content (AvgIpc) is 2.70. The number of benzene rings is 1. The van der Waals surface area contributed by atoms with Crippen LogP contribution in [0.2, 0.25) is 0 Å². The van der Waals surface area contributed by atoms with Gasteiger partial charge in [-0.25, -0.2) is 4.39 Å². The standard InChI is InChI=1S/C18H27FN4O4S2/c1-3-22(4-2)29(26,27)23-11-9-21(10-12-23)18(25)14-28-13-17(24)20-16-8-6-5-7-15(16)19/h5-8H,3-4,9-14H2,1-2H3,(H,20,24). The Morgan fingerprint density at radius 3 is 2.31 bits per heavy atom. The number of anilines is 1. The number of carbonyl (C=O) groups is 2. The van der Waals surface area contributed by atoms with Gasteiger partial charge in [0.15, 0.2) is 0 Å². The molecular weight excluding hydrogens is 419 g/mol. The zero-order chi connectivity index (χ0) is 21.4. The van der Waals surface area contributed by atoms with Crippen LogP contribution in [-0.4, -0.2) is 84.5 Å². The SMILES string of the molecule is CCN(CC)S(=O)(=O)N1CCN(C(=O)CSCC(=O)Nc2ccccc2F)CC1. The normalized spacial score (nSPS) is 15.5. The molecular formula is C18H27FN4O4S2. The van der Waals surface area contributed by atoms with Crippen LogP contribution in [0.1, 0.15) is 13.8 Å². The van der Waals surface area contributed by atoms with Crippen LogP contribution in [-0.2, 0) is 19.8 Å². The van der Waals surface area contributed by atoms with Crippen LogP contribution in [0, 0.1) is 5.82 Å². The van der Waals surface area contributed by atoms with Gasteiger partial charge in [0.2, 0.25) is 11.8 Å². The minimum absolute atomic E-state index is 0.0242. The van der Waals surface area contributed by atoms with E-state index in [9.17, 15) is 22.4 Å². The molecule has 0 spiro atoms. The third kappa shape index (κ3) is 6.39. The van der Waals surface area contributed by atoms with E-state index in [1.54, 1.807) is 24.8 Å². The number of hydrogen-bond donors (Lipinski definition) is 1. The van der Waals surface area contributed by atoms with E-state index in [4.69, 9.17) is 0 Å². The summed E-state index contributed by atoms with van der Waals surface area (Å²) in [5.41, 5.74) is 0.106. The average molecular weight is 447 g/mol. The maximum Gasteiger partial charge on any atom is 0.282 e. The molecule has 0 radical (unpaired) electrons. The van der Waals surface area contributed by atoms with Gasteiger partial charge in [-0.15, -0.1) is 11.8 Å². The topological polar surface area (TPSA) is 90.0 Å². The first-order valence-corrected chi connectivity index (χ1v) is 12.0. The summed E-state index contributed by atoms with van der Waals surface area (Å²) in [6, 6.07) is 5.88. The highest BCUT2D eigenvalue weighted by Crippen LogP contribution is 2.15. The molecule has 0 atom stereocenters. The maximum atomic E-state index is 13.5. The van der Waals surface area contributed by atoms with Crippen molar-refractivity contribution in [3.63, 3.8) is 0 Å². The summed E-state index contributed by atoms with van der Waals surface area (Å²) < 4.78 is 41.4. The summed E-state index contributed by atoms with van der Waals surface area (Å²) in [5, 5.41) is 2.47. The number of hydrogen-bond acceptors (Lipinski definition) is 5. The molecule has 0 aromatic heterocycles. The second kappa shape index (κ2) is 10.9. The van der Waals surface area contributed by atoms with Crippen molar-refractivity contribution in [1.82, 2.24) is 13.5 Å². The molecule has 0 aliphatic carbocycles. The van der Waals surface area contributed by atoms with Crippen LogP contribution in [0.4, 0.5) is 10.1 Å². The van der Waals surface area contributed by atoms with Crippen molar-refractivity contribution >= 4 is 39.5 Å². The lowest BCUT2D eigenvalue weighted by Gasteiger charge is -2.36. The number of thioether (sulfide) groups is 1. The molecule has 8 nitrogen and oxygen atoms in total. The maximum absolute atomic E-state index is 13.5. The molecule has 2 rings (SSSR count). The van der Waals surface area contributed by atoms with Gasteiger partial charge >= 0.3 is 0 Å². The number of nitrogens with one attached hydrogen (secondary N) is 1. The van der Waals surface area contributed by atoms with Crippen molar-refractivity contribution in [3.8, 4) is 0 Å². The Morgan fingerprint density at radius 2 is 1.72 bits per heavy atom. The lowest BCUT2D eigenvalue weighted by atomic mass is 10.3. The van der Waals surface area contributed by atoms with E-state index in [0.29, 0.717) is 26.2 Å². The van der Waals surface area contributed by atoms with Gasteiger partial charge in [-0.2, -0.15) is 17.0 Å². The number of amides is 2. The monoisotopic (exact) mass is 446 g/mol. The van der Waals surface area contributed by atoms with E-state index in [0.717, 1.165) is 11.8 Å². The van der Waals surface area contributed by atoms with E-state index in [1.807, 2.05) is 0 Å². The van der Waals surface area contributed by atoms with Gasteiger partial charge in [-0.05, 0) is 12.1 Å². The number of nitrogens with zero attached hydrogens (tertiary/aromatic N) is 3. The molecule has 1 N–H and O–H groups in total. The van der Waals surface area contributed by atoms with Gasteiger partial charge in [0.25, 0.3) is 10.2 Å². The first-order valence-electron chi connectivity index (χ1n) is 9.44. The highest BCUT2D eigenvalue weighted by Gasteiger charge is 2.31. The molecule has 29 heavy (non-hydrogen) atoms. The summed E-state index contributed by atoms with van der Waals surface area (Å²) in [5.74, 6) is -0.916. The minimum Gasteiger partial charge on any atom is -0.339 e. The Balaban J connectivity index is 1.74. The van der Waals surface area contributed by atoms with Gasteiger partial charge in [-0.3, -0.25) is 9.59 Å². The Morgan fingerprint density at radius 1 is 1.10 bits per heavy atom. The predicted octanol–water partition coefficient (Wildman–Crippen LogP) is 1.23. The molecule has 1 fully saturated rings. The summed E-state index contributed by atoms with van der Waals surface area (Å²) in [4.78, 5) is 25.8. The zero-order valence-corrected chi connectivity index (χ0v) is 18.3. The molecule has 2 amide bonds. The summed E-state index contributed by atoms with van der Waals surface area (Å²) in [6.07, 6.45) is 0. The van der Waals surface area contributed by atoms with Crippen LogP contribution in [0.25, 0.3) is 0 Å². The van der Waals surface area contributed by atoms with Crippen LogP contribution in [0.3, 0.4) is 0 Å². The van der Waals surface area contributed by atoms with Gasteiger partial charge in [0.1, 0.15) is 5.82 Å². The van der Waals surface area contributed by atoms with Crippen molar-refractivity contribution in [1.29, 1.82) is 0 Å². The third-order valence-corrected chi connectivity index (χ3v) is 7.66. The van der Waals surface area contributed by atoms with Crippen molar-refractivity contribution in [2.24, 2.45) is 0 Å².